The van der Waals surface area contributed by atoms with Crippen molar-refractivity contribution in [2.45, 2.75) is 20.0 Å². The maximum Gasteiger partial charge on any atom is 0.387 e. The predicted molar refractivity (Wildman–Crippen MR) is 102 cm³/mol. The number of rotatable bonds is 6. The van der Waals surface area contributed by atoms with Gasteiger partial charge in [-0.25, -0.2) is 0 Å². The number of anilines is 1. The first-order valence-corrected chi connectivity index (χ1v) is 8.55. The Morgan fingerprint density at radius 3 is 2.54 bits per heavy atom. The van der Waals surface area contributed by atoms with Crippen LogP contribution < -0.4 is 15.6 Å². The molecule has 0 bridgehead atoms. The molecule has 0 unspecified atom stereocenters. The van der Waals surface area contributed by atoms with E-state index in [4.69, 9.17) is 0 Å². The molecule has 0 radical (unpaired) electrons. The number of halogens is 2. The topological polar surface area (TPSA) is 71.2 Å². The van der Waals surface area contributed by atoms with Gasteiger partial charge in [-0.3, -0.25) is 9.59 Å². The molecule has 1 amide bonds. The van der Waals surface area contributed by atoms with Crippen molar-refractivity contribution < 1.29 is 18.3 Å². The SMILES string of the molecule is Cc1ccc(C(=O)Nc2ccc(OC(F)F)c(Cc3ccccc3)c2)c(=O)[nH]1. The van der Waals surface area contributed by atoms with Crippen LogP contribution in [0.25, 0.3) is 0 Å². The minimum atomic E-state index is -2.96. The molecule has 28 heavy (non-hydrogen) atoms. The van der Waals surface area contributed by atoms with Gasteiger partial charge in [0.25, 0.3) is 11.5 Å². The second kappa shape index (κ2) is 8.47. The lowest BCUT2D eigenvalue weighted by Gasteiger charge is -2.13. The lowest BCUT2D eigenvalue weighted by molar-refractivity contribution is -0.0503. The number of carbonyl (C=O) groups is 1. The van der Waals surface area contributed by atoms with Crippen LogP contribution in [0.2, 0.25) is 0 Å². The zero-order chi connectivity index (χ0) is 20.1. The molecule has 0 spiro atoms. The number of benzene rings is 2. The van der Waals surface area contributed by atoms with Gasteiger partial charge in [0.05, 0.1) is 0 Å². The van der Waals surface area contributed by atoms with Crippen molar-refractivity contribution in [2.24, 2.45) is 0 Å². The Kier molecular flexibility index (Phi) is 5.84. The van der Waals surface area contributed by atoms with E-state index in [9.17, 15) is 18.4 Å². The number of ether oxygens (including phenoxy) is 1. The Morgan fingerprint density at radius 2 is 1.86 bits per heavy atom. The van der Waals surface area contributed by atoms with Crippen LogP contribution in [-0.2, 0) is 6.42 Å². The monoisotopic (exact) mass is 384 g/mol. The number of carbonyl (C=O) groups excluding carboxylic acids is 1. The molecule has 0 atom stereocenters. The summed E-state index contributed by atoms with van der Waals surface area (Å²) < 4.78 is 30.0. The van der Waals surface area contributed by atoms with Crippen LogP contribution >= 0.6 is 0 Å². The maximum absolute atomic E-state index is 12.7. The Labute approximate surface area is 160 Å². The van der Waals surface area contributed by atoms with E-state index >= 15 is 0 Å². The fraction of sp³-hybridized carbons (Fsp3) is 0.143. The Bertz CT molecular complexity index is 1030. The lowest BCUT2D eigenvalue weighted by atomic mass is 10.0. The van der Waals surface area contributed by atoms with Crippen LogP contribution in [0.4, 0.5) is 14.5 Å². The molecule has 7 heteroatoms. The highest BCUT2D eigenvalue weighted by molar-refractivity contribution is 6.04. The van der Waals surface area contributed by atoms with E-state index in [1.165, 1.54) is 18.2 Å². The second-order valence-corrected chi connectivity index (χ2v) is 6.20. The van der Waals surface area contributed by atoms with Gasteiger partial charge >= 0.3 is 6.61 Å². The second-order valence-electron chi connectivity index (χ2n) is 6.20. The molecule has 5 nitrogen and oxygen atoms in total. The van der Waals surface area contributed by atoms with Gasteiger partial charge in [0.2, 0.25) is 0 Å². The first kappa shape index (κ1) is 19.3. The summed E-state index contributed by atoms with van der Waals surface area (Å²) in [5.41, 5.74) is 1.86. The van der Waals surface area contributed by atoms with E-state index in [0.717, 1.165) is 5.56 Å². The summed E-state index contributed by atoms with van der Waals surface area (Å²) in [6.07, 6.45) is 0.345. The van der Waals surface area contributed by atoms with E-state index in [-0.39, 0.29) is 11.3 Å². The fourth-order valence-corrected chi connectivity index (χ4v) is 2.77. The largest absolute Gasteiger partial charge is 0.435 e. The van der Waals surface area contributed by atoms with Gasteiger partial charge in [-0.2, -0.15) is 8.78 Å². The highest BCUT2D eigenvalue weighted by atomic mass is 19.3. The molecule has 2 aromatic carbocycles. The number of aromatic nitrogens is 1. The van der Waals surface area contributed by atoms with Crippen LogP contribution in [0, 0.1) is 6.92 Å². The van der Waals surface area contributed by atoms with Crippen molar-refractivity contribution >= 4 is 11.6 Å². The quantitative estimate of drug-likeness (QED) is 0.671. The molecule has 0 saturated carbocycles. The Hall–Kier alpha value is -3.48. The molecule has 3 aromatic rings. The first-order chi connectivity index (χ1) is 13.4. The van der Waals surface area contributed by atoms with Crippen LogP contribution in [0.1, 0.15) is 27.2 Å². The normalized spacial score (nSPS) is 10.7. The van der Waals surface area contributed by atoms with Gasteiger partial charge < -0.3 is 15.0 Å². The minimum absolute atomic E-state index is 0.0324. The number of aryl methyl sites for hydroxylation is 1. The Balaban J connectivity index is 1.88. The summed E-state index contributed by atoms with van der Waals surface area (Å²) in [5, 5.41) is 2.62. The lowest BCUT2D eigenvalue weighted by Crippen LogP contribution is -2.23. The number of alkyl halides is 2. The zero-order valence-corrected chi connectivity index (χ0v) is 15.0. The number of hydrogen-bond donors (Lipinski definition) is 2. The number of hydrogen-bond acceptors (Lipinski definition) is 3. The maximum atomic E-state index is 12.7. The molecule has 2 N–H and O–H groups in total. The van der Waals surface area contributed by atoms with Crippen molar-refractivity contribution in [3.05, 3.63) is 93.4 Å². The molecular weight excluding hydrogens is 366 g/mol. The minimum Gasteiger partial charge on any atom is -0.435 e. The first-order valence-electron chi connectivity index (χ1n) is 8.55. The highest BCUT2D eigenvalue weighted by Crippen LogP contribution is 2.27. The molecule has 144 valence electrons. The summed E-state index contributed by atoms with van der Waals surface area (Å²) in [5.74, 6) is -0.556. The molecule has 1 aromatic heterocycles. The van der Waals surface area contributed by atoms with Crippen molar-refractivity contribution in [2.75, 3.05) is 5.32 Å². The molecule has 0 aliphatic carbocycles. The molecule has 0 aliphatic rings. The molecule has 0 fully saturated rings. The summed E-state index contributed by atoms with van der Waals surface area (Å²) in [4.78, 5) is 26.9. The third-order valence-electron chi connectivity index (χ3n) is 4.07. The van der Waals surface area contributed by atoms with Gasteiger partial charge in [0.15, 0.2) is 0 Å². The van der Waals surface area contributed by atoms with Gasteiger partial charge in [0, 0.05) is 23.4 Å². The number of amides is 1. The van der Waals surface area contributed by atoms with E-state index in [1.54, 1.807) is 19.1 Å². The molecule has 3 rings (SSSR count). The molecule has 0 saturated heterocycles. The summed E-state index contributed by atoms with van der Waals surface area (Å²) >= 11 is 0. The van der Waals surface area contributed by atoms with Gasteiger partial charge in [-0.05, 0) is 42.8 Å². The predicted octanol–water partition coefficient (Wildman–Crippen LogP) is 4.13. The van der Waals surface area contributed by atoms with E-state index in [1.807, 2.05) is 30.3 Å². The fourth-order valence-electron chi connectivity index (χ4n) is 2.77. The third kappa shape index (κ3) is 4.82. The average Bonchev–Trinajstić information content (AvgIpc) is 2.64. The van der Waals surface area contributed by atoms with E-state index in [0.29, 0.717) is 23.4 Å². The summed E-state index contributed by atoms with van der Waals surface area (Å²) in [6.45, 7) is -1.25. The molecule has 0 aliphatic heterocycles. The van der Waals surface area contributed by atoms with Crippen LogP contribution in [-0.4, -0.2) is 17.5 Å². The van der Waals surface area contributed by atoms with Gasteiger partial charge in [-0.1, -0.05) is 30.3 Å². The Morgan fingerprint density at radius 1 is 1.11 bits per heavy atom. The smallest absolute Gasteiger partial charge is 0.387 e. The number of nitrogens with one attached hydrogen (secondary N) is 2. The van der Waals surface area contributed by atoms with E-state index in [2.05, 4.69) is 15.0 Å². The third-order valence-corrected chi connectivity index (χ3v) is 4.07. The number of pyridine rings is 1. The van der Waals surface area contributed by atoms with Gasteiger partial charge in [0.1, 0.15) is 11.3 Å². The summed E-state index contributed by atoms with van der Waals surface area (Å²) in [6, 6.07) is 16.7. The highest BCUT2D eigenvalue weighted by Gasteiger charge is 2.14. The van der Waals surface area contributed by atoms with Crippen molar-refractivity contribution in [1.82, 2.24) is 4.98 Å². The van der Waals surface area contributed by atoms with Crippen LogP contribution in [0.5, 0.6) is 5.75 Å². The van der Waals surface area contributed by atoms with Crippen LogP contribution in [0.15, 0.2) is 65.5 Å². The molecule has 1 heterocycles. The standard InChI is InChI=1S/C21H18F2N2O3/c1-13-7-9-17(19(26)24-13)20(27)25-16-8-10-18(28-21(22)23)15(12-16)11-14-5-3-2-4-6-14/h2-10,12,21H,11H2,1H3,(H,24,26)(H,25,27). The number of H-pyrrole nitrogens is 1. The van der Waals surface area contributed by atoms with Crippen molar-refractivity contribution in [3.63, 3.8) is 0 Å². The summed E-state index contributed by atoms with van der Waals surface area (Å²) in [7, 11) is 0. The number of aromatic amines is 1. The van der Waals surface area contributed by atoms with E-state index < -0.39 is 18.1 Å². The van der Waals surface area contributed by atoms with Crippen LogP contribution in [0.3, 0.4) is 0 Å². The van der Waals surface area contributed by atoms with Crippen molar-refractivity contribution in [3.8, 4) is 5.75 Å². The average molecular weight is 384 g/mol. The molecular formula is C21H18F2N2O3. The zero-order valence-electron chi connectivity index (χ0n) is 15.0. The van der Waals surface area contributed by atoms with Gasteiger partial charge in [-0.15, -0.1) is 0 Å². The van der Waals surface area contributed by atoms with Crippen molar-refractivity contribution in [1.29, 1.82) is 0 Å².